The Bertz CT molecular complexity index is 1140. The zero-order valence-electron chi connectivity index (χ0n) is 17.0. The number of nitrogens with zero attached hydrogens (tertiary/aromatic N) is 2. The maximum atomic E-state index is 5.93. The van der Waals surface area contributed by atoms with E-state index in [1.807, 2.05) is 60.7 Å². The highest BCUT2D eigenvalue weighted by molar-refractivity contribution is 6.30. The molecule has 0 radical (unpaired) electrons. The molecule has 3 aromatic carbocycles. The number of fused-ring (bicyclic) bond motifs is 1. The summed E-state index contributed by atoms with van der Waals surface area (Å²) in [6, 6.07) is 21.4. The molecule has 4 aromatic rings. The van der Waals surface area contributed by atoms with Gasteiger partial charge in [0.2, 0.25) is 0 Å². The molecule has 0 fully saturated rings. The fraction of sp³-hybridized carbons (Fsp3) is 0.208. The summed E-state index contributed by atoms with van der Waals surface area (Å²) in [6.07, 6.45) is 0.837. The van der Waals surface area contributed by atoms with Crippen molar-refractivity contribution in [2.45, 2.75) is 13.0 Å². The predicted octanol–water partition coefficient (Wildman–Crippen LogP) is 5.84. The van der Waals surface area contributed by atoms with Crippen molar-refractivity contribution in [2.75, 3.05) is 20.8 Å². The zero-order chi connectivity index (χ0) is 20.9. The van der Waals surface area contributed by atoms with Crippen LogP contribution >= 0.6 is 11.6 Å². The van der Waals surface area contributed by atoms with Crippen molar-refractivity contribution in [3.63, 3.8) is 0 Å². The third-order valence-electron chi connectivity index (χ3n) is 4.90. The molecule has 0 atom stereocenters. The van der Waals surface area contributed by atoms with Crippen LogP contribution in [0.3, 0.4) is 0 Å². The van der Waals surface area contributed by atoms with Crippen LogP contribution in [0.25, 0.3) is 22.4 Å². The van der Waals surface area contributed by atoms with E-state index >= 15 is 0 Å². The lowest BCUT2D eigenvalue weighted by atomic mass is 10.2. The number of hydrogen-bond acceptors (Lipinski definition) is 4. The van der Waals surface area contributed by atoms with Gasteiger partial charge in [-0.1, -0.05) is 23.7 Å². The van der Waals surface area contributed by atoms with E-state index in [2.05, 4.69) is 10.6 Å². The Morgan fingerprint density at radius 2 is 1.67 bits per heavy atom. The van der Waals surface area contributed by atoms with Gasteiger partial charge in [0.05, 0.1) is 31.9 Å². The molecule has 0 unspecified atom stereocenters. The van der Waals surface area contributed by atoms with Crippen molar-refractivity contribution in [1.82, 2.24) is 9.55 Å². The molecule has 154 valence electrons. The molecule has 5 nitrogen and oxygen atoms in total. The molecule has 1 heterocycles. The lowest BCUT2D eigenvalue weighted by Crippen LogP contribution is -2.06. The van der Waals surface area contributed by atoms with E-state index in [0.717, 1.165) is 41.1 Å². The van der Waals surface area contributed by atoms with E-state index in [4.69, 9.17) is 30.8 Å². The smallest absolute Gasteiger partial charge is 0.161 e. The van der Waals surface area contributed by atoms with Crippen molar-refractivity contribution < 1.29 is 14.2 Å². The van der Waals surface area contributed by atoms with Crippen LogP contribution in [0, 0.1) is 0 Å². The Morgan fingerprint density at radius 1 is 0.900 bits per heavy atom. The molecule has 0 saturated heterocycles. The van der Waals surface area contributed by atoms with Gasteiger partial charge in [0.25, 0.3) is 0 Å². The van der Waals surface area contributed by atoms with Crippen molar-refractivity contribution in [2.24, 2.45) is 0 Å². The zero-order valence-corrected chi connectivity index (χ0v) is 17.7. The second-order valence-electron chi connectivity index (χ2n) is 6.80. The van der Waals surface area contributed by atoms with E-state index in [1.54, 1.807) is 14.2 Å². The summed E-state index contributed by atoms with van der Waals surface area (Å²) in [5, 5.41) is 0.701. The second-order valence-corrected chi connectivity index (χ2v) is 7.24. The van der Waals surface area contributed by atoms with Crippen LogP contribution in [0.2, 0.25) is 5.02 Å². The SMILES string of the molecule is COc1ccc(-c2nc3ccccc3n2CCCOc2ccc(Cl)cc2)cc1OC. The van der Waals surface area contributed by atoms with E-state index in [1.165, 1.54) is 0 Å². The minimum atomic E-state index is 0.597. The first-order valence-corrected chi connectivity index (χ1v) is 10.1. The molecule has 30 heavy (non-hydrogen) atoms. The monoisotopic (exact) mass is 422 g/mol. The molecular weight excluding hydrogens is 400 g/mol. The average molecular weight is 423 g/mol. The van der Waals surface area contributed by atoms with E-state index in [9.17, 15) is 0 Å². The first kappa shape index (κ1) is 20.1. The lowest BCUT2D eigenvalue weighted by Gasteiger charge is -2.12. The summed E-state index contributed by atoms with van der Waals surface area (Å²) in [4.78, 5) is 4.87. The quantitative estimate of drug-likeness (QED) is 0.334. The molecule has 0 N–H and O–H groups in total. The molecule has 0 aliphatic carbocycles. The molecule has 6 heteroatoms. The molecule has 0 amide bonds. The molecule has 1 aromatic heterocycles. The summed E-state index contributed by atoms with van der Waals surface area (Å²) >= 11 is 5.93. The van der Waals surface area contributed by atoms with Crippen LogP contribution in [-0.2, 0) is 6.54 Å². The highest BCUT2D eigenvalue weighted by atomic mass is 35.5. The minimum Gasteiger partial charge on any atom is -0.494 e. The molecule has 0 spiro atoms. The van der Waals surface area contributed by atoms with Crippen LogP contribution in [0.15, 0.2) is 66.7 Å². The highest BCUT2D eigenvalue weighted by Crippen LogP contribution is 2.33. The Kier molecular flexibility index (Phi) is 6.10. The van der Waals surface area contributed by atoms with Crippen LogP contribution in [0.5, 0.6) is 17.2 Å². The number of aryl methyl sites for hydroxylation is 1. The van der Waals surface area contributed by atoms with Crippen LogP contribution in [-0.4, -0.2) is 30.4 Å². The largest absolute Gasteiger partial charge is 0.494 e. The number of methoxy groups -OCH3 is 2. The van der Waals surface area contributed by atoms with Crippen molar-refractivity contribution in [1.29, 1.82) is 0 Å². The molecule has 0 aliphatic rings. The topological polar surface area (TPSA) is 45.5 Å². The van der Waals surface area contributed by atoms with Gasteiger partial charge in [-0.2, -0.15) is 0 Å². The Morgan fingerprint density at radius 3 is 2.43 bits per heavy atom. The second kappa shape index (κ2) is 9.09. The maximum absolute atomic E-state index is 5.93. The lowest BCUT2D eigenvalue weighted by molar-refractivity contribution is 0.303. The minimum absolute atomic E-state index is 0.597. The number of rotatable bonds is 8. The van der Waals surface area contributed by atoms with Crippen molar-refractivity contribution >= 4 is 22.6 Å². The fourth-order valence-electron chi connectivity index (χ4n) is 3.44. The van der Waals surface area contributed by atoms with Gasteiger partial charge in [-0.05, 0) is 61.0 Å². The highest BCUT2D eigenvalue weighted by Gasteiger charge is 2.14. The Balaban J connectivity index is 1.58. The van der Waals surface area contributed by atoms with Gasteiger partial charge < -0.3 is 18.8 Å². The predicted molar refractivity (Wildman–Crippen MR) is 120 cm³/mol. The van der Waals surface area contributed by atoms with Crippen LogP contribution in [0.4, 0.5) is 0 Å². The van der Waals surface area contributed by atoms with Gasteiger partial charge in [0, 0.05) is 17.1 Å². The van der Waals surface area contributed by atoms with Gasteiger partial charge in [-0.15, -0.1) is 0 Å². The van der Waals surface area contributed by atoms with Crippen molar-refractivity contribution in [3.8, 4) is 28.6 Å². The normalized spacial score (nSPS) is 10.9. The summed E-state index contributed by atoms with van der Waals surface area (Å²) in [7, 11) is 3.27. The molecule has 4 rings (SSSR count). The number of aromatic nitrogens is 2. The van der Waals surface area contributed by atoms with Crippen LogP contribution < -0.4 is 14.2 Å². The van der Waals surface area contributed by atoms with E-state index in [-0.39, 0.29) is 0 Å². The number of ether oxygens (including phenoxy) is 3. The standard InChI is InChI=1S/C24H23ClN2O3/c1-28-22-13-8-17(16-23(22)29-2)24-26-20-6-3-4-7-21(20)27(24)14-5-15-30-19-11-9-18(25)10-12-19/h3-4,6-13,16H,5,14-15H2,1-2H3. The number of para-hydroxylation sites is 2. The van der Waals surface area contributed by atoms with E-state index < -0.39 is 0 Å². The summed E-state index contributed by atoms with van der Waals surface area (Å²) < 4.78 is 18.9. The average Bonchev–Trinajstić information content (AvgIpc) is 3.16. The van der Waals surface area contributed by atoms with Gasteiger partial charge in [-0.3, -0.25) is 0 Å². The number of halogens is 1. The molecular formula is C24H23ClN2O3. The molecule has 0 aliphatic heterocycles. The first-order valence-electron chi connectivity index (χ1n) is 9.75. The van der Waals surface area contributed by atoms with Gasteiger partial charge >= 0.3 is 0 Å². The van der Waals surface area contributed by atoms with Gasteiger partial charge in [-0.25, -0.2) is 4.98 Å². The molecule has 0 bridgehead atoms. The third-order valence-corrected chi connectivity index (χ3v) is 5.16. The summed E-state index contributed by atoms with van der Waals surface area (Å²) in [5.41, 5.74) is 3.03. The van der Waals surface area contributed by atoms with Gasteiger partial charge in [0.15, 0.2) is 11.5 Å². The number of benzene rings is 3. The fourth-order valence-corrected chi connectivity index (χ4v) is 3.57. The Hall–Kier alpha value is -3.18. The van der Waals surface area contributed by atoms with Crippen molar-refractivity contribution in [3.05, 3.63) is 71.8 Å². The van der Waals surface area contributed by atoms with Gasteiger partial charge in [0.1, 0.15) is 11.6 Å². The Labute approximate surface area is 180 Å². The maximum Gasteiger partial charge on any atom is 0.161 e. The summed E-state index contributed by atoms with van der Waals surface area (Å²) in [5.74, 6) is 3.08. The molecule has 0 saturated carbocycles. The van der Waals surface area contributed by atoms with E-state index in [0.29, 0.717) is 23.1 Å². The third kappa shape index (κ3) is 4.21. The first-order chi connectivity index (χ1) is 14.7. The number of hydrogen-bond donors (Lipinski definition) is 0. The summed E-state index contributed by atoms with van der Waals surface area (Å²) in [6.45, 7) is 1.37. The number of imidazole rings is 1. The van der Waals surface area contributed by atoms with Crippen LogP contribution in [0.1, 0.15) is 6.42 Å².